The second-order valence-electron chi connectivity index (χ2n) is 4.25. The molecule has 0 fully saturated rings. The third-order valence-electron chi connectivity index (χ3n) is 2.64. The number of anilines is 1. The van der Waals surface area contributed by atoms with Crippen molar-refractivity contribution in [2.45, 2.75) is 24.3 Å². The molecule has 0 aromatic heterocycles. The highest BCUT2D eigenvalue weighted by molar-refractivity contribution is 7.89. The maximum absolute atomic E-state index is 12.0. The molecule has 0 unspecified atom stereocenters. The summed E-state index contributed by atoms with van der Waals surface area (Å²) >= 11 is 0. The molecule has 1 aliphatic heterocycles. The van der Waals surface area contributed by atoms with E-state index in [0.29, 0.717) is 11.3 Å². The number of nitrogens with one attached hydrogen (secondary N) is 2. The van der Waals surface area contributed by atoms with Crippen molar-refractivity contribution in [2.75, 3.05) is 11.9 Å². The first kappa shape index (κ1) is 13.0. The molecule has 18 heavy (non-hydrogen) atoms. The first-order valence-electron chi connectivity index (χ1n) is 5.48. The molecule has 98 valence electrons. The molecular formula is C11H14N2O4S. The molecule has 1 aromatic carbocycles. The minimum Gasteiger partial charge on any atom is -0.395 e. The molecule has 1 heterocycles. The van der Waals surface area contributed by atoms with Gasteiger partial charge in [0.1, 0.15) is 0 Å². The Labute approximate surface area is 105 Å². The SMILES string of the molecule is C[C@H](CO)NS(=O)(=O)c1ccc2c(c1)CC(=O)N2. The maximum Gasteiger partial charge on any atom is 0.240 e. The van der Waals surface area contributed by atoms with Crippen molar-refractivity contribution in [3.05, 3.63) is 23.8 Å². The molecule has 3 N–H and O–H groups in total. The van der Waals surface area contributed by atoms with E-state index in [-0.39, 0.29) is 23.8 Å². The zero-order valence-electron chi connectivity index (χ0n) is 9.80. The summed E-state index contributed by atoms with van der Waals surface area (Å²) in [6, 6.07) is 3.91. The van der Waals surface area contributed by atoms with Crippen LogP contribution in [0.2, 0.25) is 0 Å². The van der Waals surface area contributed by atoms with Crippen LogP contribution in [0.25, 0.3) is 0 Å². The third kappa shape index (κ3) is 2.53. The summed E-state index contributed by atoms with van der Waals surface area (Å²) in [5.74, 6) is -0.142. The minimum absolute atomic E-state index is 0.0954. The molecule has 0 radical (unpaired) electrons. The highest BCUT2D eigenvalue weighted by Gasteiger charge is 2.22. The summed E-state index contributed by atoms with van der Waals surface area (Å²) in [6.45, 7) is 1.29. The average molecular weight is 270 g/mol. The van der Waals surface area contributed by atoms with E-state index in [1.165, 1.54) is 12.1 Å². The Morgan fingerprint density at radius 2 is 2.22 bits per heavy atom. The van der Waals surface area contributed by atoms with Crippen LogP contribution >= 0.6 is 0 Å². The van der Waals surface area contributed by atoms with E-state index in [1.807, 2.05) is 0 Å². The maximum atomic E-state index is 12.0. The van der Waals surface area contributed by atoms with Crippen molar-refractivity contribution in [1.82, 2.24) is 4.72 Å². The van der Waals surface area contributed by atoms with Gasteiger partial charge in [-0.3, -0.25) is 4.79 Å². The van der Waals surface area contributed by atoms with Gasteiger partial charge in [-0.25, -0.2) is 13.1 Å². The van der Waals surface area contributed by atoms with Gasteiger partial charge in [0, 0.05) is 11.7 Å². The number of hydrogen-bond acceptors (Lipinski definition) is 4. The Morgan fingerprint density at radius 3 is 2.89 bits per heavy atom. The zero-order chi connectivity index (χ0) is 13.3. The topological polar surface area (TPSA) is 95.5 Å². The summed E-state index contributed by atoms with van der Waals surface area (Å²) in [6.07, 6.45) is 0.189. The van der Waals surface area contributed by atoms with Crippen molar-refractivity contribution in [3.63, 3.8) is 0 Å². The first-order valence-corrected chi connectivity index (χ1v) is 6.96. The number of benzene rings is 1. The van der Waals surface area contributed by atoms with E-state index >= 15 is 0 Å². The number of hydrogen-bond donors (Lipinski definition) is 3. The molecular weight excluding hydrogens is 256 g/mol. The van der Waals surface area contributed by atoms with Crippen LogP contribution in [0, 0.1) is 0 Å². The molecule has 0 bridgehead atoms. The van der Waals surface area contributed by atoms with Gasteiger partial charge >= 0.3 is 0 Å². The monoisotopic (exact) mass is 270 g/mol. The molecule has 0 saturated carbocycles. The quantitative estimate of drug-likeness (QED) is 0.708. The van der Waals surface area contributed by atoms with Crippen molar-refractivity contribution in [3.8, 4) is 0 Å². The van der Waals surface area contributed by atoms with E-state index in [2.05, 4.69) is 10.0 Å². The van der Waals surface area contributed by atoms with E-state index in [1.54, 1.807) is 13.0 Å². The average Bonchev–Trinajstić information content (AvgIpc) is 2.67. The lowest BCUT2D eigenvalue weighted by molar-refractivity contribution is -0.115. The highest BCUT2D eigenvalue weighted by atomic mass is 32.2. The fourth-order valence-electron chi connectivity index (χ4n) is 1.74. The summed E-state index contributed by atoms with van der Waals surface area (Å²) in [7, 11) is -3.66. The molecule has 0 spiro atoms. The number of carbonyl (C=O) groups is 1. The molecule has 0 saturated heterocycles. The van der Waals surface area contributed by atoms with Crippen LogP contribution in [0.1, 0.15) is 12.5 Å². The predicted octanol–water partition coefficient (Wildman–Crippen LogP) is -0.160. The van der Waals surface area contributed by atoms with Crippen molar-refractivity contribution < 1.29 is 18.3 Å². The van der Waals surface area contributed by atoms with Gasteiger partial charge in [-0.05, 0) is 30.7 Å². The van der Waals surface area contributed by atoms with Crippen molar-refractivity contribution in [1.29, 1.82) is 0 Å². The van der Waals surface area contributed by atoms with Gasteiger partial charge in [0.15, 0.2) is 0 Å². The van der Waals surface area contributed by atoms with E-state index in [0.717, 1.165) is 0 Å². The van der Waals surface area contributed by atoms with Crippen LogP contribution in [0.3, 0.4) is 0 Å². The van der Waals surface area contributed by atoms with Crippen LogP contribution in [0.15, 0.2) is 23.1 Å². The predicted molar refractivity (Wildman–Crippen MR) is 65.6 cm³/mol. The van der Waals surface area contributed by atoms with Crippen LogP contribution in [0.4, 0.5) is 5.69 Å². The zero-order valence-corrected chi connectivity index (χ0v) is 10.6. The number of carbonyl (C=O) groups excluding carboxylic acids is 1. The lowest BCUT2D eigenvalue weighted by atomic mass is 10.2. The summed E-state index contributed by atoms with van der Waals surface area (Å²) in [4.78, 5) is 11.3. The Morgan fingerprint density at radius 1 is 1.50 bits per heavy atom. The largest absolute Gasteiger partial charge is 0.395 e. The summed E-state index contributed by atoms with van der Waals surface area (Å²) < 4.78 is 26.3. The highest BCUT2D eigenvalue weighted by Crippen LogP contribution is 2.25. The smallest absolute Gasteiger partial charge is 0.240 e. The molecule has 1 amide bonds. The van der Waals surface area contributed by atoms with Gasteiger partial charge in [-0.15, -0.1) is 0 Å². The summed E-state index contributed by atoms with van der Waals surface area (Å²) in [5.41, 5.74) is 1.31. The Bertz CT molecular complexity index is 583. The minimum atomic E-state index is -3.66. The number of fused-ring (bicyclic) bond motifs is 1. The molecule has 1 aromatic rings. The van der Waals surface area contributed by atoms with Crippen LogP contribution in [-0.2, 0) is 21.2 Å². The third-order valence-corrected chi connectivity index (χ3v) is 4.23. The normalized spacial score (nSPS) is 16.2. The number of aliphatic hydroxyl groups excluding tert-OH is 1. The van der Waals surface area contributed by atoms with Gasteiger partial charge in [0.25, 0.3) is 0 Å². The standard InChI is InChI=1S/C11H14N2O4S/c1-7(6-14)13-18(16,17)9-2-3-10-8(4-9)5-11(15)12-10/h2-4,7,13-14H,5-6H2,1H3,(H,12,15)/t7-/m1/s1. The van der Waals surface area contributed by atoms with Gasteiger partial charge in [-0.1, -0.05) is 0 Å². The number of amides is 1. The number of sulfonamides is 1. The molecule has 2 rings (SSSR count). The van der Waals surface area contributed by atoms with Gasteiger partial charge in [0.05, 0.1) is 17.9 Å². The second kappa shape index (κ2) is 4.68. The Balaban J connectivity index is 2.30. The van der Waals surface area contributed by atoms with Gasteiger partial charge in [0.2, 0.25) is 15.9 Å². The lowest BCUT2D eigenvalue weighted by Crippen LogP contribution is -2.35. The van der Waals surface area contributed by atoms with E-state index < -0.39 is 16.1 Å². The number of aliphatic hydroxyl groups is 1. The fraction of sp³-hybridized carbons (Fsp3) is 0.364. The van der Waals surface area contributed by atoms with Crippen LogP contribution in [0.5, 0.6) is 0 Å². The molecule has 0 aliphatic carbocycles. The van der Waals surface area contributed by atoms with Gasteiger partial charge in [-0.2, -0.15) is 0 Å². The first-order chi connectivity index (χ1) is 8.42. The lowest BCUT2D eigenvalue weighted by Gasteiger charge is -2.12. The van der Waals surface area contributed by atoms with Crippen LogP contribution in [-0.4, -0.2) is 32.1 Å². The summed E-state index contributed by atoms with van der Waals surface area (Å²) in [5, 5.41) is 11.5. The molecule has 7 heteroatoms. The molecule has 1 aliphatic rings. The van der Waals surface area contributed by atoms with Crippen LogP contribution < -0.4 is 10.0 Å². The fourth-order valence-corrected chi connectivity index (χ4v) is 3.03. The molecule has 1 atom stereocenters. The molecule has 6 nitrogen and oxygen atoms in total. The van der Waals surface area contributed by atoms with E-state index in [4.69, 9.17) is 5.11 Å². The Hall–Kier alpha value is -1.44. The number of rotatable bonds is 4. The second-order valence-corrected chi connectivity index (χ2v) is 5.96. The van der Waals surface area contributed by atoms with Gasteiger partial charge < -0.3 is 10.4 Å². The van der Waals surface area contributed by atoms with Crippen molar-refractivity contribution in [2.24, 2.45) is 0 Å². The van der Waals surface area contributed by atoms with E-state index in [9.17, 15) is 13.2 Å². The van der Waals surface area contributed by atoms with Crippen molar-refractivity contribution >= 4 is 21.6 Å². The Kier molecular flexibility index (Phi) is 3.38.